The van der Waals surface area contributed by atoms with Crippen molar-refractivity contribution in [1.29, 1.82) is 0 Å². The molecule has 6 heteroatoms. The zero-order valence-corrected chi connectivity index (χ0v) is 14.2. The van der Waals surface area contributed by atoms with Crippen LogP contribution in [0.3, 0.4) is 0 Å². The molecule has 1 saturated carbocycles. The zero-order chi connectivity index (χ0) is 15.3. The van der Waals surface area contributed by atoms with Crippen LogP contribution in [0.1, 0.15) is 51.9 Å². The van der Waals surface area contributed by atoms with Gasteiger partial charge in [-0.2, -0.15) is 0 Å². The van der Waals surface area contributed by atoms with Gasteiger partial charge in [-0.1, -0.05) is 19.3 Å². The largest absolute Gasteiger partial charge is 0.381 e. The fourth-order valence-electron chi connectivity index (χ4n) is 3.63. The number of hydrogen-bond acceptors (Lipinski definition) is 4. The number of rotatable bonds is 7. The molecule has 1 saturated heterocycles. The molecule has 124 valence electrons. The predicted octanol–water partition coefficient (Wildman–Crippen LogP) is 1.74. The third-order valence-corrected chi connectivity index (χ3v) is 6.38. The second kappa shape index (κ2) is 7.90. The lowest BCUT2D eigenvalue weighted by Gasteiger charge is -2.35. The molecule has 0 aromatic carbocycles. The molecule has 2 atom stereocenters. The van der Waals surface area contributed by atoms with Gasteiger partial charge in [0.05, 0.1) is 11.9 Å². The summed E-state index contributed by atoms with van der Waals surface area (Å²) in [5.74, 6) is 0.0413. The van der Waals surface area contributed by atoms with Gasteiger partial charge in [-0.05, 0) is 39.2 Å². The number of nitrogens with zero attached hydrogens (tertiary/aromatic N) is 1. The summed E-state index contributed by atoms with van der Waals surface area (Å²) in [5.41, 5.74) is 0. The third kappa shape index (κ3) is 5.20. The van der Waals surface area contributed by atoms with Crippen LogP contribution < -0.4 is 4.72 Å². The van der Waals surface area contributed by atoms with Crippen LogP contribution in [-0.4, -0.2) is 57.5 Å². The molecule has 0 aromatic rings. The fraction of sp³-hybridized carbons (Fsp3) is 1.00. The first-order valence-electron chi connectivity index (χ1n) is 8.27. The van der Waals surface area contributed by atoms with Crippen molar-refractivity contribution in [2.24, 2.45) is 0 Å². The van der Waals surface area contributed by atoms with Crippen LogP contribution >= 0.6 is 0 Å². The standard InChI is InChI=1S/C15H30N2O3S/c1-13(20-2)12-21(18,19)16-11-15-9-6-10-17(15)14-7-4-3-5-8-14/h13-16H,3-12H2,1-2H3/t13-,15-/m0/s1. The van der Waals surface area contributed by atoms with Gasteiger partial charge in [0.2, 0.25) is 10.0 Å². The summed E-state index contributed by atoms with van der Waals surface area (Å²) in [6, 6.07) is 1.05. The zero-order valence-electron chi connectivity index (χ0n) is 13.4. The minimum absolute atomic E-state index is 0.0413. The first kappa shape index (κ1) is 17.2. The maximum absolute atomic E-state index is 12.0. The van der Waals surface area contributed by atoms with E-state index in [0.717, 1.165) is 13.0 Å². The lowest BCUT2D eigenvalue weighted by molar-refractivity contribution is 0.135. The Hall–Kier alpha value is -0.170. The number of sulfonamides is 1. The predicted molar refractivity (Wildman–Crippen MR) is 84.9 cm³/mol. The normalized spacial score (nSPS) is 27.0. The van der Waals surface area contributed by atoms with E-state index < -0.39 is 10.0 Å². The quantitative estimate of drug-likeness (QED) is 0.777. The number of likely N-dealkylation sites (tertiary alicyclic amines) is 1. The van der Waals surface area contributed by atoms with E-state index >= 15 is 0 Å². The van der Waals surface area contributed by atoms with E-state index in [9.17, 15) is 8.42 Å². The molecule has 21 heavy (non-hydrogen) atoms. The third-order valence-electron chi connectivity index (χ3n) is 4.86. The number of nitrogens with one attached hydrogen (secondary N) is 1. The highest BCUT2D eigenvalue weighted by atomic mass is 32.2. The molecule has 1 heterocycles. The molecule has 0 aromatic heterocycles. The van der Waals surface area contributed by atoms with E-state index in [1.807, 2.05) is 0 Å². The fourth-order valence-corrected chi connectivity index (χ4v) is 4.95. The van der Waals surface area contributed by atoms with Gasteiger partial charge in [-0.25, -0.2) is 13.1 Å². The number of hydrogen-bond donors (Lipinski definition) is 1. The lowest BCUT2D eigenvalue weighted by Crippen LogP contribution is -2.46. The Morgan fingerprint density at radius 2 is 1.90 bits per heavy atom. The summed E-state index contributed by atoms with van der Waals surface area (Å²) in [5, 5.41) is 0. The van der Waals surface area contributed by atoms with Crippen molar-refractivity contribution in [2.75, 3.05) is 26.0 Å². The minimum Gasteiger partial charge on any atom is -0.381 e. The van der Waals surface area contributed by atoms with E-state index in [-0.39, 0.29) is 11.9 Å². The Kier molecular flexibility index (Phi) is 6.47. The van der Waals surface area contributed by atoms with Crippen molar-refractivity contribution in [2.45, 2.75) is 70.1 Å². The number of methoxy groups -OCH3 is 1. The number of ether oxygens (including phenoxy) is 1. The molecule has 1 aliphatic heterocycles. The van der Waals surface area contributed by atoms with E-state index in [2.05, 4.69) is 9.62 Å². The summed E-state index contributed by atoms with van der Waals surface area (Å²) in [6.45, 7) is 3.46. The molecule has 0 spiro atoms. The van der Waals surface area contributed by atoms with Gasteiger partial charge in [0, 0.05) is 25.7 Å². The minimum atomic E-state index is -3.24. The van der Waals surface area contributed by atoms with Gasteiger partial charge in [0.25, 0.3) is 0 Å². The highest BCUT2D eigenvalue weighted by molar-refractivity contribution is 7.89. The first-order valence-corrected chi connectivity index (χ1v) is 9.93. The van der Waals surface area contributed by atoms with Crippen LogP contribution in [0.15, 0.2) is 0 Å². The second-order valence-corrected chi connectivity index (χ2v) is 8.35. The SMILES string of the molecule is CO[C@@H](C)CS(=O)(=O)NC[C@@H]1CCCN1C1CCCCC1. The Morgan fingerprint density at radius 3 is 2.57 bits per heavy atom. The van der Waals surface area contributed by atoms with Crippen LogP contribution in [-0.2, 0) is 14.8 Å². The lowest BCUT2D eigenvalue weighted by atomic mass is 9.94. The smallest absolute Gasteiger partial charge is 0.214 e. The molecule has 2 fully saturated rings. The maximum Gasteiger partial charge on any atom is 0.214 e. The van der Waals surface area contributed by atoms with E-state index in [4.69, 9.17) is 4.74 Å². The van der Waals surface area contributed by atoms with Gasteiger partial charge >= 0.3 is 0 Å². The average molecular weight is 318 g/mol. The van der Waals surface area contributed by atoms with Gasteiger partial charge in [-0.3, -0.25) is 4.90 Å². The van der Waals surface area contributed by atoms with Crippen LogP contribution in [0.5, 0.6) is 0 Å². The Labute approximate surface area is 129 Å². The first-order chi connectivity index (χ1) is 10.0. The van der Waals surface area contributed by atoms with E-state index in [1.54, 1.807) is 14.0 Å². The summed E-state index contributed by atoms with van der Waals surface area (Å²) in [6.07, 6.45) is 8.61. The summed E-state index contributed by atoms with van der Waals surface area (Å²) < 4.78 is 31.9. The van der Waals surface area contributed by atoms with E-state index in [0.29, 0.717) is 18.6 Å². The van der Waals surface area contributed by atoms with Crippen molar-refractivity contribution >= 4 is 10.0 Å². The van der Waals surface area contributed by atoms with Crippen LogP contribution in [0.2, 0.25) is 0 Å². The molecular formula is C15H30N2O3S. The van der Waals surface area contributed by atoms with Crippen LogP contribution in [0.4, 0.5) is 0 Å². The summed E-state index contributed by atoms with van der Waals surface area (Å²) in [4.78, 5) is 2.56. The molecule has 0 bridgehead atoms. The molecule has 1 aliphatic carbocycles. The molecule has 5 nitrogen and oxygen atoms in total. The summed E-state index contributed by atoms with van der Waals surface area (Å²) >= 11 is 0. The van der Waals surface area contributed by atoms with Crippen LogP contribution in [0.25, 0.3) is 0 Å². The van der Waals surface area contributed by atoms with Crippen molar-refractivity contribution in [3.63, 3.8) is 0 Å². The molecule has 2 rings (SSSR count). The molecule has 0 amide bonds. The van der Waals surface area contributed by atoms with Gasteiger partial charge < -0.3 is 4.74 Å². The van der Waals surface area contributed by atoms with Gasteiger partial charge in [0.1, 0.15) is 0 Å². The Bertz CT molecular complexity index is 407. The van der Waals surface area contributed by atoms with Crippen LogP contribution in [0, 0.1) is 0 Å². The van der Waals surface area contributed by atoms with Crippen molar-refractivity contribution in [1.82, 2.24) is 9.62 Å². The summed E-state index contributed by atoms with van der Waals surface area (Å²) in [7, 11) is -1.69. The average Bonchev–Trinajstić information content (AvgIpc) is 2.94. The molecule has 2 aliphatic rings. The monoisotopic (exact) mass is 318 g/mol. The van der Waals surface area contributed by atoms with Crippen molar-refractivity contribution in [3.05, 3.63) is 0 Å². The highest BCUT2D eigenvalue weighted by Crippen LogP contribution is 2.28. The molecule has 0 unspecified atom stereocenters. The van der Waals surface area contributed by atoms with Gasteiger partial charge in [-0.15, -0.1) is 0 Å². The Balaban J connectivity index is 1.83. The highest BCUT2D eigenvalue weighted by Gasteiger charge is 2.32. The molecular weight excluding hydrogens is 288 g/mol. The van der Waals surface area contributed by atoms with E-state index in [1.165, 1.54) is 38.5 Å². The van der Waals surface area contributed by atoms with Crippen molar-refractivity contribution < 1.29 is 13.2 Å². The maximum atomic E-state index is 12.0. The molecule has 1 N–H and O–H groups in total. The Morgan fingerprint density at radius 1 is 1.19 bits per heavy atom. The van der Waals surface area contributed by atoms with Gasteiger partial charge in [0.15, 0.2) is 0 Å². The molecule has 0 radical (unpaired) electrons. The second-order valence-electron chi connectivity index (χ2n) is 6.50. The topological polar surface area (TPSA) is 58.6 Å². The van der Waals surface area contributed by atoms with Crippen molar-refractivity contribution in [3.8, 4) is 0 Å².